The van der Waals surface area contributed by atoms with Gasteiger partial charge in [-0.2, -0.15) is 0 Å². The smallest absolute Gasteiger partial charge is 0.234 e. The Morgan fingerprint density at radius 1 is 0.366 bits per heavy atom. The topological polar surface area (TPSA) is 639 Å². The zero-order chi connectivity index (χ0) is 68.2. The predicted molar refractivity (Wildman–Crippen MR) is 335 cm³/mol. The summed E-state index contributed by atoms with van der Waals surface area (Å²) in [7, 11) is 0. The number of nitrogens with zero attached hydrogens (tertiary/aromatic N) is 1. The highest BCUT2D eigenvalue weighted by Crippen LogP contribution is 2.33. The fourth-order valence-electron chi connectivity index (χ4n) is 13.0. The van der Waals surface area contributed by atoms with E-state index in [0.717, 1.165) is 12.8 Å². The van der Waals surface area contributed by atoms with Gasteiger partial charge in [-0.05, 0) is 64.3 Å². The van der Waals surface area contributed by atoms with E-state index in [1.165, 1.54) is 0 Å². The number of unbranched alkanes of at least 4 members (excludes halogenated alkanes) is 9. The van der Waals surface area contributed by atoms with Crippen LogP contribution in [0.25, 0.3) is 0 Å². The number of carbonyl (C=O) groups is 2. The normalized spacial score (nSPS) is 41.7. The van der Waals surface area contributed by atoms with Gasteiger partial charge in [0.05, 0.1) is 49.5 Å². The first-order valence-electron chi connectivity index (χ1n) is 33.4. The molecule has 0 aromatic rings. The van der Waals surface area contributed by atoms with Crippen LogP contribution in [0.15, 0.2) is 0 Å². The summed E-state index contributed by atoms with van der Waals surface area (Å²) in [5.41, 5.74) is 73.7. The van der Waals surface area contributed by atoms with Gasteiger partial charge in [0.25, 0.3) is 0 Å². The highest BCUT2D eigenvalue weighted by Gasteiger charge is 2.52. The zero-order valence-corrected chi connectivity index (χ0v) is 53.6. The molecule has 3 saturated heterocycles. The van der Waals surface area contributed by atoms with E-state index in [1.807, 2.05) is 0 Å². The second-order valence-electron chi connectivity index (χ2n) is 26.1. The summed E-state index contributed by atoms with van der Waals surface area (Å²) >= 11 is 0. The van der Waals surface area contributed by atoms with Gasteiger partial charge in [0.2, 0.25) is 11.8 Å². The fraction of sp³-hybridized carbons (Fsp3) is 0.966. The first-order valence-corrected chi connectivity index (χ1v) is 33.4. The van der Waals surface area contributed by atoms with Crippen molar-refractivity contribution in [1.82, 2.24) is 15.5 Å². The molecule has 0 radical (unpaired) electrons. The van der Waals surface area contributed by atoms with Crippen molar-refractivity contribution in [2.45, 2.75) is 279 Å². The highest BCUT2D eigenvalue weighted by atomic mass is 16.7. The number of aliphatic hydroxyl groups excluding tert-OH is 9. The molecule has 0 aromatic carbocycles. The SMILES string of the molecule is NC[C@H]1O[C@H](O[C@H]2[C@H](OCCCCCCNC(=O)CN(CCCCCCO[C@@H]3[C@@H](O)[C@H](N)C[C@H](N)[C@H]3O[C@H]3O[C@H](CN)[C@@H](O)[C@H](O)[C@H]3N)CC(=O)NCCCCCCO[C@@H]3[C@@H](O)[C@H](N)C[C@H](N)[C@H]3O[C@H]3O[C@H](CN)[C@@H](O)[C@H](O)[C@H]3N)[C@@H](O)[C@H](N)C[C@@H]2N)[C@H](N)[C@@H](O)[C@@H]1O. The quantitative estimate of drug-likeness (QED) is 0.0257. The lowest BCUT2D eigenvalue weighted by atomic mass is 9.84. The standard InChI is InChI=1S/C58H117N15O20/c59-22-33-44(79)47(82)38(68)56(88-33)91-50-30(65)19-27(62)41(76)53(50)85-16-10-4-1-7-13-71-36(74)25-73(15-9-3-6-12-18-87-55-43(78)29(64)21-32(67)52(55)93-58-40(70)49(84)46(81)35(24-61)90-58)26-37(75)72-14-8-2-5-11-17-86-54-42(77)28(63)20-31(66)51(54)92-57-39(69)48(83)45(80)34(23-60)89-57/h27-35,38-58,76-84H,1-26,59-70H2,(H,71,74)(H,72,75)/t27-,28-,29-,30+,31+,32+,33-,34-,35-,38-,39-,40-,41+,42+,43+,44-,45-,46-,47-,48-,49-,50-,51-,52-,53-,54-,55-,56-,57-,58-/m1/s1. The van der Waals surface area contributed by atoms with Gasteiger partial charge in [-0.25, -0.2) is 0 Å². The minimum absolute atomic E-state index is 0.0418. The number of hydrogen-bond donors (Lipinski definition) is 23. The van der Waals surface area contributed by atoms with Gasteiger partial charge < -0.3 is 168 Å². The summed E-state index contributed by atoms with van der Waals surface area (Å²) in [5.74, 6) is -0.521. The van der Waals surface area contributed by atoms with Gasteiger partial charge in [-0.3, -0.25) is 14.5 Å². The molecule has 6 fully saturated rings. The van der Waals surface area contributed by atoms with E-state index in [4.69, 9.17) is 111 Å². The van der Waals surface area contributed by atoms with Crippen molar-refractivity contribution in [3.8, 4) is 0 Å². The molecule has 3 aliphatic heterocycles. The van der Waals surface area contributed by atoms with Crippen molar-refractivity contribution < 1.29 is 98.2 Å². The number of nitrogens with two attached hydrogens (primary N) is 12. The Kier molecular flexibility index (Phi) is 33.8. The number of nitrogens with one attached hydrogen (secondary N) is 2. The summed E-state index contributed by atoms with van der Waals surface area (Å²) in [4.78, 5) is 28.6. The van der Waals surface area contributed by atoms with Crippen LogP contribution in [0.4, 0.5) is 0 Å². The fourth-order valence-corrected chi connectivity index (χ4v) is 13.0. The molecule has 3 saturated carbocycles. The number of amides is 2. The lowest BCUT2D eigenvalue weighted by Crippen LogP contribution is -2.67. The lowest BCUT2D eigenvalue weighted by Gasteiger charge is -2.46. The molecule has 35 heteroatoms. The van der Waals surface area contributed by atoms with Crippen molar-refractivity contribution in [2.24, 2.45) is 68.8 Å². The lowest BCUT2D eigenvalue weighted by molar-refractivity contribution is -0.291. The third kappa shape index (κ3) is 22.3. The molecule has 6 aliphatic rings. The molecule has 93 heavy (non-hydrogen) atoms. The van der Waals surface area contributed by atoms with E-state index in [-0.39, 0.29) is 83.6 Å². The summed E-state index contributed by atoms with van der Waals surface area (Å²) in [6.07, 6.45) is -14.9. The third-order valence-electron chi connectivity index (χ3n) is 18.8. The number of hydrogen-bond acceptors (Lipinski definition) is 33. The molecular formula is C58H117N15O20. The maximum atomic E-state index is 13.4. The Morgan fingerprint density at radius 2 is 0.645 bits per heavy atom. The number of aliphatic hydroxyl groups is 9. The Morgan fingerprint density at radius 3 is 0.935 bits per heavy atom. The molecule has 0 spiro atoms. The van der Waals surface area contributed by atoms with Crippen LogP contribution in [-0.4, -0.2) is 318 Å². The molecule has 30 atom stereocenters. The summed E-state index contributed by atoms with van der Waals surface area (Å²) in [5, 5.41) is 102. The van der Waals surface area contributed by atoms with Crippen LogP contribution in [0, 0.1) is 0 Å². The van der Waals surface area contributed by atoms with Crippen LogP contribution < -0.4 is 79.4 Å². The molecule has 544 valence electrons. The molecule has 0 bridgehead atoms. The molecule has 2 amide bonds. The van der Waals surface area contributed by atoms with Gasteiger partial charge in [0.15, 0.2) is 18.9 Å². The summed E-state index contributed by atoms with van der Waals surface area (Å²) in [6.45, 7) is 1.43. The number of rotatable bonds is 37. The van der Waals surface area contributed by atoms with E-state index in [2.05, 4.69) is 10.6 Å². The van der Waals surface area contributed by atoms with Crippen LogP contribution in [0.5, 0.6) is 0 Å². The Balaban J connectivity index is 0.938. The Bertz CT molecular complexity index is 2040. The van der Waals surface area contributed by atoms with Crippen molar-refractivity contribution in [1.29, 1.82) is 0 Å². The van der Waals surface area contributed by atoms with Crippen molar-refractivity contribution in [3.63, 3.8) is 0 Å². The molecule has 3 aliphatic carbocycles. The van der Waals surface area contributed by atoms with Crippen LogP contribution >= 0.6 is 0 Å². The molecule has 0 aromatic heterocycles. The maximum Gasteiger partial charge on any atom is 0.234 e. The second-order valence-corrected chi connectivity index (χ2v) is 26.1. The first kappa shape index (κ1) is 79.7. The predicted octanol–water partition coefficient (Wildman–Crippen LogP) is -11.0. The van der Waals surface area contributed by atoms with Crippen molar-refractivity contribution >= 4 is 11.8 Å². The number of ether oxygens (including phenoxy) is 9. The monoisotopic (exact) mass is 1340 g/mol. The molecular weight excluding hydrogens is 1230 g/mol. The van der Waals surface area contributed by atoms with Gasteiger partial charge in [0.1, 0.15) is 91.6 Å². The maximum absolute atomic E-state index is 13.4. The van der Waals surface area contributed by atoms with Crippen molar-refractivity contribution in [2.75, 3.05) is 72.2 Å². The second kappa shape index (κ2) is 39.5. The minimum Gasteiger partial charge on any atom is -0.389 e. The highest BCUT2D eigenvalue weighted by molar-refractivity contribution is 5.81. The first-order chi connectivity index (χ1) is 44.3. The average Bonchev–Trinajstić information content (AvgIpc) is 0.811. The summed E-state index contributed by atoms with van der Waals surface area (Å²) < 4.78 is 54.2. The van der Waals surface area contributed by atoms with Gasteiger partial charge in [0, 0.05) is 88.8 Å². The van der Waals surface area contributed by atoms with E-state index in [1.54, 1.807) is 4.90 Å². The van der Waals surface area contributed by atoms with E-state index < -0.39 is 183 Å². The molecule has 0 unspecified atom stereocenters. The van der Waals surface area contributed by atoms with E-state index in [0.29, 0.717) is 83.8 Å². The third-order valence-corrected chi connectivity index (χ3v) is 18.8. The summed E-state index contributed by atoms with van der Waals surface area (Å²) in [6, 6.07) is -7.50. The van der Waals surface area contributed by atoms with Gasteiger partial charge in [-0.15, -0.1) is 0 Å². The Hall–Kier alpha value is -2.30. The molecule has 35 N–H and O–H groups in total. The van der Waals surface area contributed by atoms with Crippen LogP contribution in [0.2, 0.25) is 0 Å². The largest absolute Gasteiger partial charge is 0.389 e. The van der Waals surface area contributed by atoms with Crippen LogP contribution in [-0.2, 0) is 52.2 Å². The molecule has 6 rings (SSSR count). The van der Waals surface area contributed by atoms with Crippen LogP contribution in [0.3, 0.4) is 0 Å². The van der Waals surface area contributed by atoms with Gasteiger partial charge >= 0.3 is 0 Å². The molecule has 35 nitrogen and oxygen atoms in total. The van der Waals surface area contributed by atoms with E-state index in [9.17, 15) is 55.5 Å². The zero-order valence-electron chi connectivity index (χ0n) is 53.6. The van der Waals surface area contributed by atoms with E-state index >= 15 is 0 Å². The minimum atomic E-state index is -1.39. The van der Waals surface area contributed by atoms with Gasteiger partial charge in [-0.1, -0.05) is 38.5 Å². The Labute approximate surface area is 544 Å². The molecule has 3 heterocycles. The van der Waals surface area contributed by atoms with Crippen LogP contribution in [0.1, 0.15) is 96.3 Å². The van der Waals surface area contributed by atoms with Crippen molar-refractivity contribution in [3.05, 3.63) is 0 Å². The average molecular weight is 1340 g/mol. The number of carbonyl (C=O) groups excluding carboxylic acids is 2.